The van der Waals surface area contributed by atoms with Gasteiger partial charge in [-0.3, -0.25) is 9.59 Å². The van der Waals surface area contributed by atoms with E-state index in [1.54, 1.807) is 23.1 Å². The summed E-state index contributed by atoms with van der Waals surface area (Å²) >= 11 is 6.05. The molecule has 0 fully saturated rings. The number of nitrogens with zero attached hydrogens (tertiary/aromatic N) is 1. The van der Waals surface area contributed by atoms with Crippen molar-refractivity contribution in [2.45, 2.75) is 13.8 Å². The molecule has 6 nitrogen and oxygen atoms in total. The average Bonchev–Trinajstić information content (AvgIpc) is 2.47. The Kier molecular flexibility index (Phi) is 6.98. The van der Waals surface area contributed by atoms with Gasteiger partial charge in [0.1, 0.15) is 5.75 Å². The predicted molar refractivity (Wildman–Crippen MR) is 82.6 cm³/mol. The summed E-state index contributed by atoms with van der Waals surface area (Å²) in [7, 11) is 0. The summed E-state index contributed by atoms with van der Waals surface area (Å²) in [6, 6.07) is 4.78. The van der Waals surface area contributed by atoms with Gasteiger partial charge in [-0.05, 0) is 32.0 Å². The van der Waals surface area contributed by atoms with Crippen LogP contribution in [0.1, 0.15) is 13.8 Å². The molecule has 21 heavy (non-hydrogen) atoms. The number of rotatable bonds is 7. The van der Waals surface area contributed by atoms with Gasteiger partial charge in [0.2, 0.25) is 5.91 Å². The van der Waals surface area contributed by atoms with Crippen LogP contribution in [0.25, 0.3) is 0 Å². The van der Waals surface area contributed by atoms with Gasteiger partial charge in [-0.1, -0.05) is 11.6 Å². The summed E-state index contributed by atoms with van der Waals surface area (Å²) in [5, 5.41) is 2.90. The molecule has 3 N–H and O–H groups in total. The number of likely N-dealkylation sites (N-methyl/N-ethyl adjacent to an activating group) is 1. The zero-order valence-electron chi connectivity index (χ0n) is 12.2. The molecule has 0 unspecified atom stereocenters. The van der Waals surface area contributed by atoms with Gasteiger partial charge in [0.15, 0.2) is 6.61 Å². The second-order valence-electron chi connectivity index (χ2n) is 4.25. The van der Waals surface area contributed by atoms with Gasteiger partial charge in [0.25, 0.3) is 5.91 Å². The Balaban J connectivity index is 2.64. The fourth-order valence-corrected chi connectivity index (χ4v) is 1.95. The Morgan fingerprint density at radius 1 is 1.33 bits per heavy atom. The molecule has 1 rings (SSSR count). The van der Waals surface area contributed by atoms with Gasteiger partial charge in [-0.2, -0.15) is 0 Å². The van der Waals surface area contributed by atoms with Crippen molar-refractivity contribution >= 4 is 29.1 Å². The maximum Gasteiger partial charge on any atom is 0.260 e. The standard InChI is InChI=1S/C14H20ClN3O3/c1-3-18(4-2)14(20)9-21-12-6-5-10(7-11(12)15)17-13(19)8-16/h5-7H,3-4,8-9,16H2,1-2H3,(H,17,19). The summed E-state index contributed by atoms with van der Waals surface area (Å²) in [6.45, 7) is 4.91. The van der Waals surface area contributed by atoms with E-state index in [-0.39, 0.29) is 25.0 Å². The summed E-state index contributed by atoms with van der Waals surface area (Å²) in [4.78, 5) is 24.7. The number of amides is 2. The molecule has 0 radical (unpaired) electrons. The van der Waals surface area contributed by atoms with E-state index in [1.807, 2.05) is 13.8 Å². The van der Waals surface area contributed by atoms with E-state index in [4.69, 9.17) is 22.1 Å². The molecule has 0 aliphatic carbocycles. The number of nitrogens with two attached hydrogens (primary N) is 1. The minimum absolute atomic E-state index is 0.0735. The van der Waals surface area contributed by atoms with Gasteiger partial charge < -0.3 is 20.7 Å². The topological polar surface area (TPSA) is 84.7 Å². The highest BCUT2D eigenvalue weighted by atomic mass is 35.5. The number of hydrogen-bond acceptors (Lipinski definition) is 4. The SMILES string of the molecule is CCN(CC)C(=O)COc1ccc(NC(=O)CN)cc1Cl. The summed E-state index contributed by atoms with van der Waals surface area (Å²) < 4.78 is 5.41. The fraction of sp³-hybridized carbons (Fsp3) is 0.429. The molecule has 0 saturated carbocycles. The Hall–Kier alpha value is -1.79. The molecule has 0 aromatic heterocycles. The molecule has 0 bridgehead atoms. The molecule has 0 heterocycles. The van der Waals surface area contributed by atoms with Crippen molar-refractivity contribution in [1.82, 2.24) is 4.90 Å². The minimum Gasteiger partial charge on any atom is -0.482 e. The van der Waals surface area contributed by atoms with E-state index >= 15 is 0 Å². The third-order valence-corrected chi connectivity index (χ3v) is 3.16. The normalized spacial score (nSPS) is 10.1. The second-order valence-corrected chi connectivity index (χ2v) is 4.66. The number of ether oxygens (including phenoxy) is 1. The van der Waals surface area contributed by atoms with Gasteiger partial charge in [-0.25, -0.2) is 0 Å². The van der Waals surface area contributed by atoms with Crippen LogP contribution >= 0.6 is 11.6 Å². The van der Waals surface area contributed by atoms with Crippen molar-refractivity contribution < 1.29 is 14.3 Å². The number of hydrogen-bond donors (Lipinski definition) is 2. The molecule has 0 aliphatic heterocycles. The molecule has 0 spiro atoms. The van der Waals surface area contributed by atoms with Crippen LogP contribution in [0.3, 0.4) is 0 Å². The summed E-state index contributed by atoms with van der Waals surface area (Å²) in [5.41, 5.74) is 5.74. The van der Waals surface area contributed by atoms with Gasteiger partial charge in [0, 0.05) is 18.8 Å². The highest BCUT2D eigenvalue weighted by Crippen LogP contribution is 2.27. The van der Waals surface area contributed by atoms with E-state index in [0.29, 0.717) is 29.5 Å². The zero-order chi connectivity index (χ0) is 15.8. The molecule has 0 saturated heterocycles. The van der Waals surface area contributed by atoms with Crippen molar-refractivity contribution in [2.24, 2.45) is 5.73 Å². The van der Waals surface area contributed by atoms with E-state index in [0.717, 1.165) is 0 Å². The molecule has 1 aromatic rings. The molecule has 1 aromatic carbocycles. The Morgan fingerprint density at radius 3 is 2.52 bits per heavy atom. The third-order valence-electron chi connectivity index (χ3n) is 2.87. The molecular weight excluding hydrogens is 294 g/mol. The number of benzene rings is 1. The number of anilines is 1. The Morgan fingerprint density at radius 2 is 2.00 bits per heavy atom. The van der Waals surface area contributed by atoms with Crippen LogP contribution < -0.4 is 15.8 Å². The first-order valence-corrected chi connectivity index (χ1v) is 7.09. The third kappa shape index (κ3) is 5.24. The summed E-state index contributed by atoms with van der Waals surface area (Å²) in [6.07, 6.45) is 0. The maximum absolute atomic E-state index is 11.8. The van der Waals surface area contributed by atoms with Crippen LogP contribution in [-0.2, 0) is 9.59 Å². The molecule has 116 valence electrons. The number of carbonyl (C=O) groups is 2. The smallest absolute Gasteiger partial charge is 0.260 e. The van der Waals surface area contributed by atoms with Crippen molar-refractivity contribution in [3.8, 4) is 5.75 Å². The largest absolute Gasteiger partial charge is 0.482 e. The average molecular weight is 314 g/mol. The second kappa shape index (κ2) is 8.49. The van der Waals surface area contributed by atoms with Crippen molar-refractivity contribution in [3.05, 3.63) is 23.2 Å². The van der Waals surface area contributed by atoms with Crippen LogP contribution in [0.15, 0.2) is 18.2 Å². The monoisotopic (exact) mass is 313 g/mol. The Labute approximate surface area is 129 Å². The highest BCUT2D eigenvalue weighted by Gasteiger charge is 2.12. The number of carbonyl (C=O) groups excluding carboxylic acids is 2. The molecule has 7 heteroatoms. The van der Waals surface area contributed by atoms with Gasteiger partial charge in [-0.15, -0.1) is 0 Å². The van der Waals surface area contributed by atoms with Crippen molar-refractivity contribution in [3.63, 3.8) is 0 Å². The van der Waals surface area contributed by atoms with E-state index in [2.05, 4.69) is 5.32 Å². The summed E-state index contributed by atoms with van der Waals surface area (Å²) in [5.74, 6) is -0.0176. The zero-order valence-corrected chi connectivity index (χ0v) is 12.9. The lowest BCUT2D eigenvalue weighted by Gasteiger charge is -2.19. The molecule has 0 atom stereocenters. The number of halogens is 1. The lowest BCUT2D eigenvalue weighted by Crippen LogP contribution is -2.34. The lowest BCUT2D eigenvalue weighted by atomic mass is 10.3. The van der Waals surface area contributed by atoms with Crippen molar-refractivity contribution in [2.75, 3.05) is 31.6 Å². The Bertz CT molecular complexity index is 504. The van der Waals surface area contributed by atoms with Crippen LogP contribution in [0.4, 0.5) is 5.69 Å². The number of nitrogens with one attached hydrogen (secondary N) is 1. The van der Waals surface area contributed by atoms with E-state index in [9.17, 15) is 9.59 Å². The van der Waals surface area contributed by atoms with E-state index < -0.39 is 0 Å². The lowest BCUT2D eigenvalue weighted by molar-refractivity contribution is -0.133. The quantitative estimate of drug-likeness (QED) is 0.798. The predicted octanol–water partition coefficient (Wildman–Crippen LogP) is 1.48. The molecular formula is C14H20ClN3O3. The molecule has 0 aliphatic rings. The van der Waals surface area contributed by atoms with Crippen LogP contribution in [-0.4, -0.2) is 43.0 Å². The van der Waals surface area contributed by atoms with Gasteiger partial charge in [0.05, 0.1) is 11.6 Å². The van der Waals surface area contributed by atoms with Crippen molar-refractivity contribution in [1.29, 1.82) is 0 Å². The van der Waals surface area contributed by atoms with Gasteiger partial charge >= 0.3 is 0 Å². The maximum atomic E-state index is 11.8. The van der Waals surface area contributed by atoms with E-state index in [1.165, 1.54) is 0 Å². The fourth-order valence-electron chi connectivity index (χ4n) is 1.71. The van der Waals surface area contributed by atoms with Crippen LogP contribution in [0.2, 0.25) is 5.02 Å². The molecule has 2 amide bonds. The minimum atomic E-state index is -0.309. The highest BCUT2D eigenvalue weighted by molar-refractivity contribution is 6.32. The first kappa shape index (κ1) is 17.3. The van der Waals surface area contributed by atoms with Crippen LogP contribution in [0, 0.1) is 0 Å². The first-order chi connectivity index (χ1) is 10.0. The van der Waals surface area contributed by atoms with Crippen LogP contribution in [0.5, 0.6) is 5.75 Å². The first-order valence-electron chi connectivity index (χ1n) is 6.71.